The quantitative estimate of drug-likeness (QED) is 0.480. The van der Waals surface area contributed by atoms with Crippen LogP contribution in [0.5, 0.6) is 0 Å². The van der Waals surface area contributed by atoms with Crippen LogP contribution >= 0.6 is 11.6 Å². The van der Waals surface area contributed by atoms with Crippen LogP contribution in [-0.2, 0) is 0 Å². The number of hydrogen-bond acceptors (Lipinski definition) is 4. The van der Waals surface area contributed by atoms with Crippen molar-refractivity contribution in [2.45, 2.75) is 19.3 Å². The molecule has 0 unspecified atom stereocenters. The molecule has 1 fully saturated rings. The average molecular weight is 269 g/mol. The fourth-order valence-corrected chi connectivity index (χ4v) is 2.55. The second kappa shape index (κ2) is 5.35. The Bertz CT molecular complexity index is 484. The molecule has 1 saturated heterocycles. The van der Waals surface area contributed by atoms with Gasteiger partial charge in [0.1, 0.15) is 5.56 Å². The van der Waals surface area contributed by atoms with Crippen molar-refractivity contribution in [2.24, 2.45) is 0 Å². The Kier molecular flexibility index (Phi) is 3.81. The Morgan fingerprint density at radius 2 is 1.94 bits per heavy atom. The van der Waals surface area contributed by atoms with Gasteiger partial charge in [0.05, 0.1) is 15.6 Å². The number of piperidine rings is 1. The van der Waals surface area contributed by atoms with Gasteiger partial charge in [0.25, 0.3) is 5.69 Å². The minimum Gasteiger partial charge on any atom is -0.370 e. The summed E-state index contributed by atoms with van der Waals surface area (Å²) in [6.07, 6.45) is 3.78. The normalized spacial score (nSPS) is 15.5. The fraction of sp³-hybridized carbons (Fsp3) is 0.417. The zero-order valence-corrected chi connectivity index (χ0v) is 10.5. The minimum atomic E-state index is -0.588. The third-order valence-corrected chi connectivity index (χ3v) is 3.54. The highest BCUT2D eigenvalue weighted by Gasteiger charge is 2.22. The number of rotatable bonds is 3. The number of nitro groups is 1. The maximum Gasteiger partial charge on any atom is 0.281 e. The zero-order valence-electron chi connectivity index (χ0n) is 9.76. The number of halogens is 1. The van der Waals surface area contributed by atoms with Crippen LogP contribution < -0.4 is 4.90 Å². The van der Waals surface area contributed by atoms with E-state index in [1.54, 1.807) is 6.07 Å². The first-order valence-corrected chi connectivity index (χ1v) is 6.20. The van der Waals surface area contributed by atoms with Crippen LogP contribution in [0.4, 0.5) is 11.4 Å². The first-order chi connectivity index (χ1) is 8.65. The van der Waals surface area contributed by atoms with E-state index in [4.69, 9.17) is 11.6 Å². The summed E-state index contributed by atoms with van der Waals surface area (Å²) in [5, 5.41) is 11.0. The number of aldehydes is 1. The molecule has 0 saturated carbocycles. The lowest BCUT2D eigenvalue weighted by Gasteiger charge is -2.29. The summed E-state index contributed by atoms with van der Waals surface area (Å²) in [5.74, 6) is 0. The number of nitro benzene ring substituents is 1. The lowest BCUT2D eigenvalue weighted by Crippen LogP contribution is -2.29. The average Bonchev–Trinajstić information content (AvgIpc) is 2.39. The van der Waals surface area contributed by atoms with E-state index in [0.29, 0.717) is 12.0 Å². The molecule has 1 aromatic carbocycles. The molecule has 2 rings (SSSR count). The van der Waals surface area contributed by atoms with E-state index >= 15 is 0 Å². The van der Waals surface area contributed by atoms with Gasteiger partial charge in [0.15, 0.2) is 6.29 Å². The van der Waals surface area contributed by atoms with Gasteiger partial charge in [-0.15, -0.1) is 0 Å². The van der Waals surface area contributed by atoms with Gasteiger partial charge in [-0.3, -0.25) is 14.9 Å². The van der Waals surface area contributed by atoms with Crippen molar-refractivity contribution in [1.82, 2.24) is 0 Å². The molecule has 0 bridgehead atoms. The Morgan fingerprint density at radius 3 is 2.50 bits per heavy atom. The first kappa shape index (κ1) is 12.8. The molecule has 1 aliphatic rings. The van der Waals surface area contributed by atoms with Crippen molar-refractivity contribution in [1.29, 1.82) is 0 Å². The summed E-state index contributed by atoms with van der Waals surface area (Å²) in [5.41, 5.74) is 0.435. The molecule has 0 amide bonds. The molecule has 1 aliphatic heterocycles. The van der Waals surface area contributed by atoms with Crippen LogP contribution in [0.3, 0.4) is 0 Å². The Balaban J connectivity index is 2.43. The highest BCUT2D eigenvalue weighted by Crippen LogP contribution is 2.35. The Labute approximate surface area is 109 Å². The Hall–Kier alpha value is -1.62. The molecule has 0 radical (unpaired) electrons. The maximum atomic E-state index is 11.0. The van der Waals surface area contributed by atoms with Gasteiger partial charge >= 0.3 is 0 Å². The molecule has 0 atom stereocenters. The second-order valence-corrected chi connectivity index (χ2v) is 4.63. The van der Waals surface area contributed by atoms with Crippen molar-refractivity contribution in [3.05, 3.63) is 32.8 Å². The van der Waals surface area contributed by atoms with E-state index in [2.05, 4.69) is 4.90 Å². The molecule has 1 aromatic rings. The van der Waals surface area contributed by atoms with Crippen molar-refractivity contribution >= 4 is 29.3 Å². The summed E-state index contributed by atoms with van der Waals surface area (Å²) in [7, 11) is 0. The molecular weight excluding hydrogens is 256 g/mol. The molecule has 6 heteroatoms. The predicted molar refractivity (Wildman–Crippen MR) is 69.6 cm³/mol. The lowest BCUT2D eigenvalue weighted by atomic mass is 10.1. The minimum absolute atomic E-state index is 0.0373. The lowest BCUT2D eigenvalue weighted by molar-refractivity contribution is -0.385. The first-order valence-electron chi connectivity index (χ1n) is 5.82. The van der Waals surface area contributed by atoms with Gasteiger partial charge in [0.2, 0.25) is 0 Å². The van der Waals surface area contributed by atoms with Crippen molar-refractivity contribution in [3.8, 4) is 0 Å². The molecule has 0 aliphatic carbocycles. The molecule has 96 valence electrons. The molecule has 0 spiro atoms. The molecule has 1 heterocycles. The number of anilines is 1. The van der Waals surface area contributed by atoms with E-state index in [9.17, 15) is 14.9 Å². The van der Waals surface area contributed by atoms with Crippen LogP contribution in [0.15, 0.2) is 12.1 Å². The van der Waals surface area contributed by atoms with E-state index < -0.39 is 4.92 Å². The summed E-state index contributed by atoms with van der Waals surface area (Å²) >= 11 is 6.11. The van der Waals surface area contributed by atoms with Crippen LogP contribution in [0.2, 0.25) is 5.02 Å². The van der Waals surface area contributed by atoms with Gasteiger partial charge in [0, 0.05) is 19.2 Å². The summed E-state index contributed by atoms with van der Waals surface area (Å²) in [4.78, 5) is 23.3. The van der Waals surface area contributed by atoms with E-state index in [0.717, 1.165) is 25.9 Å². The van der Waals surface area contributed by atoms with Gasteiger partial charge in [-0.25, -0.2) is 0 Å². The van der Waals surface area contributed by atoms with Gasteiger partial charge in [-0.1, -0.05) is 11.6 Å². The van der Waals surface area contributed by atoms with Crippen molar-refractivity contribution < 1.29 is 9.72 Å². The third kappa shape index (κ3) is 2.31. The second-order valence-electron chi connectivity index (χ2n) is 4.25. The number of carbonyl (C=O) groups excluding carboxylic acids is 1. The molecule has 18 heavy (non-hydrogen) atoms. The summed E-state index contributed by atoms with van der Waals surface area (Å²) in [6.45, 7) is 1.74. The van der Waals surface area contributed by atoms with E-state index in [-0.39, 0.29) is 16.3 Å². The maximum absolute atomic E-state index is 11.0. The fourth-order valence-electron chi connectivity index (χ4n) is 2.22. The van der Waals surface area contributed by atoms with E-state index in [1.807, 2.05) is 0 Å². The van der Waals surface area contributed by atoms with Gasteiger partial charge in [-0.05, 0) is 25.3 Å². The largest absolute Gasteiger partial charge is 0.370 e. The van der Waals surface area contributed by atoms with Gasteiger partial charge in [-0.2, -0.15) is 0 Å². The standard InChI is InChI=1S/C12H13ClN2O3/c13-12-9(8-16)10(15(17)18)4-5-11(12)14-6-2-1-3-7-14/h4-5,8H,1-3,6-7H2. The number of benzene rings is 1. The van der Waals surface area contributed by atoms with E-state index in [1.165, 1.54) is 12.5 Å². The van der Waals surface area contributed by atoms with Crippen LogP contribution in [0.1, 0.15) is 29.6 Å². The SMILES string of the molecule is O=Cc1c([N+](=O)[O-])ccc(N2CCCCC2)c1Cl. The summed E-state index contributed by atoms with van der Waals surface area (Å²) < 4.78 is 0. The van der Waals surface area contributed by atoms with Gasteiger partial charge < -0.3 is 4.90 Å². The monoisotopic (exact) mass is 268 g/mol. The summed E-state index contributed by atoms with van der Waals surface area (Å²) in [6, 6.07) is 2.97. The van der Waals surface area contributed by atoms with Crippen molar-refractivity contribution in [2.75, 3.05) is 18.0 Å². The topological polar surface area (TPSA) is 63.4 Å². The third-order valence-electron chi connectivity index (χ3n) is 3.15. The predicted octanol–water partition coefficient (Wildman–Crippen LogP) is 3.05. The smallest absolute Gasteiger partial charge is 0.281 e. The molecule has 5 nitrogen and oxygen atoms in total. The highest BCUT2D eigenvalue weighted by molar-refractivity contribution is 6.36. The van der Waals surface area contributed by atoms with Crippen molar-refractivity contribution in [3.63, 3.8) is 0 Å². The number of hydrogen-bond donors (Lipinski definition) is 0. The number of carbonyl (C=O) groups is 1. The van der Waals surface area contributed by atoms with Crippen LogP contribution in [-0.4, -0.2) is 24.3 Å². The molecular formula is C12H13ClN2O3. The Morgan fingerprint density at radius 1 is 1.28 bits per heavy atom. The number of nitrogens with zero attached hydrogens (tertiary/aromatic N) is 2. The van der Waals surface area contributed by atoms with Crippen LogP contribution in [0, 0.1) is 10.1 Å². The van der Waals surface area contributed by atoms with Crippen LogP contribution in [0.25, 0.3) is 0 Å². The molecule has 0 N–H and O–H groups in total. The zero-order chi connectivity index (χ0) is 13.1. The highest BCUT2D eigenvalue weighted by atomic mass is 35.5. The molecule has 0 aromatic heterocycles.